The van der Waals surface area contributed by atoms with E-state index in [0.717, 1.165) is 5.56 Å². The first-order chi connectivity index (χ1) is 4.43. The highest BCUT2D eigenvalue weighted by molar-refractivity contribution is 9.09. The Morgan fingerprint density at radius 3 is 3.11 bits per heavy atom. The van der Waals surface area contributed by atoms with Gasteiger partial charge < -0.3 is 4.42 Å². The van der Waals surface area contributed by atoms with E-state index < -0.39 is 0 Å². The zero-order valence-corrected chi connectivity index (χ0v) is 6.31. The van der Waals surface area contributed by atoms with Crippen LogP contribution in [0.1, 0.15) is 5.56 Å². The first-order valence-corrected chi connectivity index (χ1v) is 3.62. The smallest absolute Gasteiger partial charge is 0.106 e. The van der Waals surface area contributed by atoms with Gasteiger partial charge >= 0.3 is 0 Å². The van der Waals surface area contributed by atoms with Crippen LogP contribution >= 0.6 is 15.9 Å². The maximum absolute atomic E-state index is 4.79. The molecule has 0 amide bonds. The quantitative estimate of drug-likeness (QED) is 0.445. The average molecular weight is 185 g/mol. The molecule has 0 saturated carbocycles. The summed E-state index contributed by atoms with van der Waals surface area (Å²) in [7, 11) is 0. The maximum atomic E-state index is 4.79. The van der Waals surface area contributed by atoms with Crippen LogP contribution in [0.5, 0.6) is 0 Å². The Morgan fingerprint density at radius 1 is 1.67 bits per heavy atom. The van der Waals surface area contributed by atoms with Crippen molar-refractivity contribution in [2.24, 2.45) is 0 Å². The van der Waals surface area contributed by atoms with Crippen molar-refractivity contribution < 1.29 is 4.42 Å². The Morgan fingerprint density at radius 2 is 2.56 bits per heavy atom. The highest BCUT2D eigenvalue weighted by Crippen LogP contribution is 1.95. The summed E-state index contributed by atoms with van der Waals surface area (Å²) in [6, 6.07) is 1.83. The van der Waals surface area contributed by atoms with Crippen molar-refractivity contribution >= 4 is 15.9 Å². The maximum Gasteiger partial charge on any atom is 0.106 e. The van der Waals surface area contributed by atoms with E-state index in [1.165, 1.54) is 0 Å². The van der Waals surface area contributed by atoms with Gasteiger partial charge in [-0.3, -0.25) is 0 Å². The predicted molar refractivity (Wildman–Crippen MR) is 39.4 cm³/mol. The molecule has 0 aliphatic carbocycles. The van der Waals surface area contributed by atoms with Crippen molar-refractivity contribution in [3.8, 4) is 11.8 Å². The van der Waals surface area contributed by atoms with Gasteiger partial charge in [0.15, 0.2) is 0 Å². The van der Waals surface area contributed by atoms with Gasteiger partial charge in [-0.15, -0.1) is 0 Å². The summed E-state index contributed by atoms with van der Waals surface area (Å²) < 4.78 is 4.79. The molecular weight excluding hydrogens is 180 g/mol. The minimum atomic E-state index is 0.707. The molecule has 9 heavy (non-hydrogen) atoms. The minimum absolute atomic E-state index is 0.707. The van der Waals surface area contributed by atoms with Crippen LogP contribution in [0.25, 0.3) is 0 Å². The number of hydrogen-bond acceptors (Lipinski definition) is 1. The molecule has 0 saturated heterocycles. The largest absolute Gasteiger partial charge is 0.471 e. The molecule has 1 nitrogen and oxygen atoms in total. The normalized spacial score (nSPS) is 8.11. The van der Waals surface area contributed by atoms with E-state index in [0.29, 0.717) is 5.33 Å². The summed E-state index contributed by atoms with van der Waals surface area (Å²) in [4.78, 5) is 0. The fraction of sp³-hybridized carbons (Fsp3) is 0.143. The molecule has 0 atom stereocenters. The Hall–Kier alpha value is -0.680. The third kappa shape index (κ3) is 1.95. The van der Waals surface area contributed by atoms with E-state index in [-0.39, 0.29) is 0 Å². The summed E-state index contributed by atoms with van der Waals surface area (Å²) in [5, 5.41) is 0.707. The Labute approximate surface area is 62.2 Å². The first-order valence-electron chi connectivity index (χ1n) is 2.50. The fourth-order valence-electron chi connectivity index (χ4n) is 0.471. The topological polar surface area (TPSA) is 13.1 Å². The highest BCUT2D eigenvalue weighted by atomic mass is 79.9. The molecule has 0 spiro atoms. The van der Waals surface area contributed by atoms with Crippen LogP contribution in [0.3, 0.4) is 0 Å². The first kappa shape index (κ1) is 6.44. The summed E-state index contributed by atoms with van der Waals surface area (Å²) in [6.07, 6.45) is 3.23. The molecule has 0 unspecified atom stereocenters. The number of hydrogen-bond donors (Lipinski definition) is 0. The Balaban J connectivity index is 2.67. The van der Waals surface area contributed by atoms with Crippen LogP contribution in [0, 0.1) is 11.8 Å². The van der Waals surface area contributed by atoms with Crippen molar-refractivity contribution in [1.82, 2.24) is 0 Å². The molecule has 0 N–H and O–H groups in total. The number of rotatable bonds is 0. The van der Waals surface area contributed by atoms with Crippen LogP contribution in [0.2, 0.25) is 0 Å². The van der Waals surface area contributed by atoms with Crippen LogP contribution in [0.15, 0.2) is 23.0 Å². The van der Waals surface area contributed by atoms with Gasteiger partial charge in [-0.2, -0.15) is 0 Å². The zero-order valence-electron chi connectivity index (χ0n) is 4.73. The monoisotopic (exact) mass is 184 g/mol. The molecule has 1 aromatic heterocycles. The number of halogens is 1. The van der Waals surface area contributed by atoms with Crippen molar-refractivity contribution in [2.75, 3.05) is 5.33 Å². The van der Waals surface area contributed by atoms with Crippen LogP contribution in [-0.4, -0.2) is 5.33 Å². The molecule has 0 aliphatic heterocycles. The van der Waals surface area contributed by atoms with Gasteiger partial charge in [0.1, 0.15) is 6.26 Å². The molecule has 1 aromatic rings. The van der Waals surface area contributed by atoms with Crippen LogP contribution in [-0.2, 0) is 0 Å². The third-order valence-corrected chi connectivity index (χ3v) is 1.10. The molecule has 1 rings (SSSR count). The second-order valence-corrected chi connectivity index (χ2v) is 2.01. The lowest BCUT2D eigenvalue weighted by Crippen LogP contribution is -1.63. The van der Waals surface area contributed by atoms with E-state index in [2.05, 4.69) is 27.8 Å². The molecule has 0 bridgehead atoms. The predicted octanol–water partition coefficient (Wildman–Crippen LogP) is 2.03. The number of furan rings is 1. The van der Waals surface area contributed by atoms with Gasteiger partial charge in [-0.1, -0.05) is 27.8 Å². The van der Waals surface area contributed by atoms with Crippen molar-refractivity contribution in [1.29, 1.82) is 0 Å². The summed E-state index contributed by atoms with van der Waals surface area (Å²) in [6.45, 7) is 0. The minimum Gasteiger partial charge on any atom is -0.471 e. The lowest BCUT2D eigenvalue weighted by Gasteiger charge is -1.70. The van der Waals surface area contributed by atoms with Gasteiger partial charge in [0.05, 0.1) is 17.2 Å². The zero-order chi connectivity index (χ0) is 6.53. The Kier molecular flexibility index (Phi) is 2.41. The number of alkyl halides is 1. The molecule has 0 fully saturated rings. The summed E-state index contributed by atoms with van der Waals surface area (Å²) in [5.41, 5.74) is 0.925. The van der Waals surface area contributed by atoms with Crippen LogP contribution < -0.4 is 0 Å². The standard InChI is InChI=1S/C7H5BrO/c8-4-1-2-7-3-5-9-6-7/h3,5-6H,4H2. The SMILES string of the molecule is BrCC#Cc1ccoc1. The summed E-state index contributed by atoms with van der Waals surface area (Å²) >= 11 is 3.19. The van der Waals surface area contributed by atoms with Gasteiger partial charge in [0.2, 0.25) is 0 Å². The molecule has 46 valence electrons. The highest BCUT2D eigenvalue weighted by Gasteiger charge is 1.82. The molecule has 1 heterocycles. The van der Waals surface area contributed by atoms with Gasteiger partial charge in [0.25, 0.3) is 0 Å². The lowest BCUT2D eigenvalue weighted by molar-refractivity contribution is 0.566. The molecule has 0 aromatic carbocycles. The summed E-state index contributed by atoms with van der Waals surface area (Å²) in [5.74, 6) is 5.74. The average Bonchev–Trinajstić information content (AvgIpc) is 2.34. The van der Waals surface area contributed by atoms with Crippen molar-refractivity contribution in [3.05, 3.63) is 24.2 Å². The van der Waals surface area contributed by atoms with Gasteiger partial charge in [-0.05, 0) is 6.07 Å². The van der Waals surface area contributed by atoms with Gasteiger partial charge in [0, 0.05) is 0 Å². The van der Waals surface area contributed by atoms with Crippen molar-refractivity contribution in [3.63, 3.8) is 0 Å². The van der Waals surface area contributed by atoms with Crippen LogP contribution in [0.4, 0.5) is 0 Å². The second-order valence-electron chi connectivity index (χ2n) is 1.45. The molecule has 0 radical (unpaired) electrons. The van der Waals surface area contributed by atoms with E-state index in [1.807, 2.05) is 6.07 Å². The van der Waals surface area contributed by atoms with E-state index >= 15 is 0 Å². The molecule has 2 heteroatoms. The van der Waals surface area contributed by atoms with Crippen molar-refractivity contribution in [2.45, 2.75) is 0 Å². The van der Waals surface area contributed by atoms with E-state index in [4.69, 9.17) is 4.42 Å². The Bertz CT molecular complexity index is 215. The molecule has 0 aliphatic rings. The van der Waals surface area contributed by atoms with E-state index in [9.17, 15) is 0 Å². The molecular formula is C7H5BrO. The second kappa shape index (κ2) is 3.37. The fourth-order valence-corrected chi connectivity index (χ4v) is 0.611. The lowest BCUT2D eigenvalue weighted by atomic mass is 10.3. The van der Waals surface area contributed by atoms with Gasteiger partial charge in [-0.25, -0.2) is 0 Å². The third-order valence-electron chi connectivity index (χ3n) is 0.821. The van der Waals surface area contributed by atoms with E-state index in [1.54, 1.807) is 12.5 Å².